The molecule has 0 heterocycles. The Bertz CT molecular complexity index is 851. The van der Waals surface area contributed by atoms with Crippen LogP contribution in [0.4, 0.5) is 26.3 Å². The number of ether oxygens (including phenoxy) is 2. The molecule has 0 saturated carbocycles. The molecule has 0 aliphatic carbocycles. The molecule has 0 aliphatic rings. The number of alkyl halides is 10. The van der Waals surface area contributed by atoms with Gasteiger partial charge in [0.2, 0.25) is 8.67 Å². The average molecular weight is 572 g/mol. The van der Waals surface area contributed by atoms with Crippen molar-refractivity contribution >= 4 is 46.4 Å². The van der Waals surface area contributed by atoms with Crippen molar-refractivity contribution < 1.29 is 35.8 Å². The van der Waals surface area contributed by atoms with Crippen LogP contribution in [-0.4, -0.2) is 35.2 Å². The largest absolute Gasteiger partial charge is 0.497 e. The van der Waals surface area contributed by atoms with Crippen LogP contribution in [0.3, 0.4) is 0 Å². The molecule has 0 aromatic heterocycles. The normalized spacial score (nSPS) is 15.1. The Morgan fingerprint density at radius 1 is 0.588 bits per heavy atom. The highest BCUT2D eigenvalue weighted by molar-refractivity contribution is 6.49. The Balaban J connectivity index is 2.68. The Morgan fingerprint density at radius 2 is 0.853 bits per heavy atom. The molecule has 2 rings (SSSR count). The van der Waals surface area contributed by atoms with Gasteiger partial charge in [-0.2, -0.15) is 26.3 Å². The molecule has 2 aromatic rings. The van der Waals surface area contributed by atoms with E-state index >= 15 is 0 Å². The van der Waals surface area contributed by atoms with Gasteiger partial charge < -0.3 is 9.47 Å². The molecule has 0 N–H and O–H groups in total. The molecule has 0 amide bonds. The van der Waals surface area contributed by atoms with Gasteiger partial charge >= 0.3 is 12.4 Å². The van der Waals surface area contributed by atoms with Crippen molar-refractivity contribution in [1.82, 2.24) is 0 Å². The maximum Gasteiger partial charge on any atom is 0.421 e. The lowest BCUT2D eigenvalue weighted by atomic mass is 9.76. The van der Waals surface area contributed by atoms with Gasteiger partial charge in [0.1, 0.15) is 11.5 Å². The van der Waals surface area contributed by atoms with Gasteiger partial charge in [0.05, 0.1) is 14.2 Å². The third-order valence-electron chi connectivity index (χ3n) is 5.36. The summed E-state index contributed by atoms with van der Waals surface area (Å²) >= 11 is 22.7. The molecule has 0 radical (unpaired) electrons. The molecule has 12 heteroatoms. The Kier molecular flexibility index (Phi) is 9.22. The minimum absolute atomic E-state index is 0.239. The lowest BCUT2D eigenvalue weighted by molar-refractivity contribution is -0.148. The van der Waals surface area contributed by atoms with Gasteiger partial charge in [0, 0.05) is 0 Å². The highest BCUT2D eigenvalue weighted by Crippen LogP contribution is 2.54. The molecule has 2 nitrogen and oxygen atoms in total. The zero-order valence-electron chi connectivity index (χ0n) is 17.8. The van der Waals surface area contributed by atoms with Gasteiger partial charge in [-0.05, 0) is 60.1 Å². The summed E-state index contributed by atoms with van der Waals surface area (Å²) in [7, 11) is 2.77. The van der Waals surface area contributed by atoms with Gasteiger partial charge in [0.15, 0.2) is 0 Å². The second-order valence-electron chi connectivity index (χ2n) is 7.57. The summed E-state index contributed by atoms with van der Waals surface area (Å²) in [5, 5.41) is 0. The van der Waals surface area contributed by atoms with E-state index in [2.05, 4.69) is 0 Å². The Morgan fingerprint density at radius 3 is 1.06 bits per heavy atom. The number of methoxy groups -OCH3 is 2. The SMILES string of the molecule is COc1ccc(C(CC(Cl)(Cl)C(F)(F)F)C(CC(Cl)(Cl)C(F)(F)F)c2ccc(OC)cc2)cc1. The second-order valence-corrected chi connectivity index (χ2v) is 10.5. The van der Waals surface area contributed by atoms with Crippen LogP contribution in [0.2, 0.25) is 0 Å². The number of hydrogen-bond donors (Lipinski definition) is 0. The average Bonchev–Trinajstić information content (AvgIpc) is 2.74. The van der Waals surface area contributed by atoms with Gasteiger partial charge in [-0.15, -0.1) is 0 Å². The number of halogens is 10. The molecule has 0 fully saturated rings. The van der Waals surface area contributed by atoms with E-state index in [1.165, 1.54) is 62.8 Å². The van der Waals surface area contributed by atoms with Crippen molar-refractivity contribution in [3.05, 3.63) is 59.7 Å². The van der Waals surface area contributed by atoms with Crippen LogP contribution in [0.1, 0.15) is 35.8 Å². The summed E-state index contributed by atoms with van der Waals surface area (Å²) in [5.41, 5.74) is 0.478. The fourth-order valence-electron chi connectivity index (χ4n) is 3.47. The van der Waals surface area contributed by atoms with Gasteiger partial charge in [0.25, 0.3) is 0 Å². The first-order valence-corrected chi connectivity index (χ1v) is 11.2. The Labute approximate surface area is 213 Å². The van der Waals surface area contributed by atoms with Crippen molar-refractivity contribution in [1.29, 1.82) is 0 Å². The number of benzene rings is 2. The van der Waals surface area contributed by atoms with Crippen LogP contribution < -0.4 is 9.47 Å². The van der Waals surface area contributed by atoms with Crippen LogP contribution in [-0.2, 0) is 0 Å². The van der Waals surface area contributed by atoms with Crippen LogP contribution in [0.5, 0.6) is 11.5 Å². The van der Waals surface area contributed by atoms with E-state index < -0.39 is 45.7 Å². The molecule has 2 aromatic carbocycles. The highest BCUT2D eigenvalue weighted by Gasteiger charge is 2.57. The van der Waals surface area contributed by atoms with E-state index in [-0.39, 0.29) is 11.1 Å². The van der Waals surface area contributed by atoms with Gasteiger partial charge in [-0.25, -0.2) is 0 Å². The monoisotopic (exact) mass is 570 g/mol. The predicted molar refractivity (Wildman–Crippen MR) is 122 cm³/mol. The molecule has 0 saturated heterocycles. The first kappa shape index (κ1) is 29.0. The molecule has 0 spiro atoms. The van der Waals surface area contributed by atoms with E-state index in [1.807, 2.05) is 0 Å². The van der Waals surface area contributed by atoms with Crippen molar-refractivity contribution in [2.24, 2.45) is 0 Å². The first-order valence-electron chi connectivity index (χ1n) is 9.69. The zero-order valence-corrected chi connectivity index (χ0v) is 20.8. The van der Waals surface area contributed by atoms with Crippen LogP contribution >= 0.6 is 46.4 Å². The zero-order chi connectivity index (χ0) is 25.9. The van der Waals surface area contributed by atoms with Gasteiger partial charge in [-0.3, -0.25) is 0 Å². The molecule has 34 heavy (non-hydrogen) atoms. The number of rotatable bonds is 9. The molecule has 0 bridgehead atoms. The summed E-state index contributed by atoms with van der Waals surface area (Å²) in [6, 6.07) is 11.6. The van der Waals surface area contributed by atoms with Crippen molar-refractivity contribution in [3.8, 4) is 11.5 Å². The second kappa shape index (κ2) is 10.8. The van der Waals surface area contributed by atoms with E-state index in [0.29, 0.717) is 11.5 Å². The third-order valence-corrected chi connectivity index (χ3v) is 6.83. The maximum atomic E-state index is 13.6. The lowest BCUT2D eigenvalue weighted by Crippen LogP contribution is -2.39. The van der Waals surface area contributed by atoms with Gasteiger partial charge in [-0.1, -0.05) is 70.7 Å². The third kappa shape index (κ3) is 6.93. The summed E-state index contributed by atoms with van der Waals surface area (Å²) in [4.78, 5) is 0. The molecular weight excluding hydrogens is 552 g/mol. The molecule has 190 valence electrons. The van der Waals surface area contributed by atoms with Crippen LogP contribution in [0.15, 0.2) is 48.5 Å². The topological polar surface area (TPSA) is 18.5 Å². The Hall–Kier alpha value is -1.22. The molecular formula is C22H20Cl4F6O2. The molecule has 0 aliphatic heterocycles. The smallest absolute Gasteiger partial charge is 0.421 e. The maximum absolute atomic E-state index is 13.6. The van der Waals surface area contributed by atoms with Crippen molar-refractivity contribution in [3.63, 3.8) is 0 Å². The fraction of sp³-hybridized carbons (Fsp3) is 0.455. The minimum Gasteiger partial charge on any atom is -0.497 e. The lowest BCUT2D eigenvalue weighted by Gasteiger charge is -2.36. The quantitative estimate of drug-likeness (QED) is 0.221. The minimum atomic E-state index is -5.06. The standard InChI is InChI=1S/C22H20Cl4F6O2/c1-33-15-7-3-13(4-8-15)17(11-19(23,24)21(27,28)29)18(12-20(25,26)22(30,31)32)14-5-9-16(34-2)10-6-14/h3-10,17-18H,11-12H2,1-2H3. The van der Waals surface area contributed by atoms with E-state index in [1.54, 1.807) is 0 Å². The highest BCUT2D eigenvalue weighted by atomic mass is 35.5. The predicted octanol–water partition coefficient (Wildman–Crippen LogP) is 8.82. The van der Waals surface area contributed by atoms with Crippen LogP contribution in [0.25, 0.3) is 0 Å². The van der Waals surface area contributed by atoms with Crippen molar-refractivity contribution in [2.75, 3.05) is 14.2 Å². The summed E-state index contributed by atoms with van der Waals surface area (Å²) in [6.45, 7) is 0. The summed E-state index contributed by atoms with van der Waals surface area (Å²) in [5.74, 6) is -1.76. The number of hydrogen-bond acceptors (Lipinski definition) is 2. The van der Waals surface area contributed by atoms with E-state index in [4.69, 9.17) is 55.9 Å². The molecule has 2 unspecified atom stereocenters. The summed E-state index contributed by atoms with van der Waals surface area (Å²) < 4.78 is 85.1. The van der Waals surface area contributed by atoms with E-state index in [0.717, 1.165) is 0 Å². The fourth-order valence-corrected chi connectivity index (χ4v) is 4.14. The van der Waals surface area contributed by atoms with E-state index in [9.17, 15) is 26.3 Å². The van der Waals surface area contributed by atoms with Crippen molar-refractivity contribution in [2.45, 2.75) is 45.7 Å². The molecule has 2 atom stereocenters. The first-order chi connectivity index (χ1) is 15.5. The summed E-state index contributed by atoms with van der Waals surface area (Å²) in [6.07, 6.45) is -12.1. The van der Waals surface area contributed by atoms with Crippen LogP contribution in [0, 0.1) is 0 Å².